The second kappa shape index (κ2) is 4.24. The minimum absolute atomic E-state index is 0.379. The Hall–Kier alpha value is -0.670. The third-order valence-electron chi connectivity index (χ3n) is 2.51. The van der Waals surface area contributed by atoms with Crippen LogP contribution in [0.2, 0.25) is 5.02 Å². The van der Waals surface area contributed by atoms with Crippen LogP contribution < -0.4 is 5.32 Å². The number of aromatic nitrogens is 1. The van der Waals surface area contributed by atoms with Crippen molar-refractivity contribution in [2.45, 2.75) is 25.3 Å². The molecule has 4 heteroatoms. The molecule has 76 valence electrons. The van der Waals surface area contributed by atoms with E-state index in [1.807, 2.05) is 0 Å². The van der Waals surface area contributed by atoms with E-state index in [9.17, 15) is 4.39 Å². The van der Waals surface area contributed by atoms with E-state index >= 15 is 0 Å². The third kappa shape index (κ3) is 2.22. The van der Waals surface area contributed by atoms with Crippen molar-refractivity contribution in [2.24, 2.45) is 0 Å². The molecule has 0 amide bonds. The molecule has 0 radical (unpaired) electrons. The molecule has 14 heavy (non-hydrogen) atoms. The highest BCUT2D eigenvalue weighted by molar-refractivity contribution is 6.30. The highest BCUT2D eigenvalue weighted by Gasteiger charge is 2.16. The molecule has 2 heterocycles. The number of pyridine rings is 1. The molecule has 0 spiro atoms. The number of nitrogens with zero attached hydrogens (tertiary/aromatic N) is 1. The molecule has 2 rings (SSSR count). The van der Waals surface area contributed by atoms with E-state index in [-0.39, 0.29) is 0 Å². The maximum Gasteiger partial charge on any atom is 0.216 e. The molecule has 1 aromatic rings. The van der Waals surface area contributed by atoms with Gasteiger partial charge in [-0.05, 0) is 31.9 Å². The van der Waals surface area contributed by atoms with Crippen LogP contribution in [-0.4, -0.2) is 17.6 Å². The maximum absolute atomic E-state index is 13.2. The van der Waals surface area contributed by atoms with Crippen LogP contribution >= 0.6 is 11.6 Å². The van der Waals surface area contributed by atoms with Crippen LogP contribution in [0.15, 0.2) is 12.3 Å². The molecule has 1 aliphatic heterocycles. The maximum atomic E-state index is 13.2. The van der Waals surface area contributed by atoms with Crippen molar-refractivity contribution < 1.29 is 4.39 Å². The summed E-state index contributed by atoms with van der Waals surface area (Å²) in [5.74, 6) is -0.400. The van der Waals surface area contributed by atoms with Crippen LogP contribution in [0.5, 0.6) is 0 Å². The first-order valence-electron chi connectivity index (χ1n) is 4.79. The molecule has 2 nitrogen and oxygen atoms in total. The van der Waals surface area contributed by atoms with E-state index in [0.717, 1.165) is 13.0 Å². The Bertz CT molecular complexity index is 324. The number of nitrogens with one attached hydrogen (secondary N) is 1. The number of rotatable bonds is 2. The molecule has 1 atom stereocenters. The summed E-state index contributed by atoms with van der Waals surface area (Å²) >= 11 is 5.75. The fourth-order valence-corrected chi connectivity index (χ4v) is 1.98. The summed E-state index contributed by atoms with van der Waals surface area (Å²) in [7, 11) is 0. The van der Waals surface area contributed by atoms with Gasteiger partial charge in [0, 0.05) is 17.8 Å². The normalized spacial score (nSPS) is 21.4. The monoisotopic (exact) mass is 214 g/mol. The van der Waals surface area contributed by atoms with Gasteiger partial charge in [0.25, 0.3) is 0 Å². The second-order valence-electron chi connectivity index (χ2n) is 3.60. The fraction of sp³-hybridized carbons (Fsp3) is 0.500. The number of halogens is 2. The average Bonchev–Trinajstić information content (AvgIpc) is 2.64. The third-order valence-corrected chi connectivity index (χ3v) is 2.71. The van der Waals surface area contributed by atoms with Crippen molar-refractivity contribution in [1.82, 2.24) is 10.3 Å². The number of hydrogen-bond donors (Lipinski definition) is 1. The molecule has 1 aliphatic rings. The predicted octanol–water partition coefficient (Wildman–Crippen LogP) is 2.17. The van der Waals surface area contributed by atoms with Crippen LogP contribution in [0.4, 0.5) is 4.39 Å². The Balaban J connectivity index is 2.10. The van der Waals surface area contributed by atoms with E-state index in [4.69, 9.17) is 11.6 Å². The lowest BCUT2D eigenvalue weighted by atomic mass is 10.1. The first-order chi connectivity index (χ1) is 6.75. The van der Waals surface area contributed by atoms with Gasteiger partial charge in [0.05, 0.1) is 5.02 Å². The summed E-state index contributed by atoms with van der Waals surface area (Å²) in [5.41, 5.74) is 0.608. The lowest BCUT2D eigenvalue weighted by molar-refractivity contribution is 0.535. The quantitative estimate of drug-likeness (QED) is 0.764. The van der Waals surface area contributed by atoms with Crippen LogP contribution in [-0.2, 0) is 6.42 Å². The van der Waals surface area contributed by atoms with Crippen LogP contribution in [0.25, 0.3) is 0 Å². The second-order valence-corrected chi connectivity index (χ2v) is 4.04. The predicted molar refractivity (Wildman–Crippen MR) is 53.9 cm³/mol. The minimum atomic E-state index is -0.400. The standard InChI is InChI=1S/C10H12ClFN2/c11-8-4-7(10(12)14-6-8)5-9-2-1-3-13-9/h4,6,9,13H,1-3,5H2. The molecule has 0 saturated carbocycles. The Morgan fingerprint density at radius 1 is 1.64 bits per heavy atom. The molecule has 1 unspecified atom stereocenters. The van der Waals surface area contributed by atoms with Gasteiger partial charge in [0.2, 0.25) is 5.95 Å². The van der Waals surface area contributed by atoms with Gasteiger partial charge < -0.3 is 5.32 Å². The Labute approximate surface area is 87.5 Å². The minimum Gasteiger partial charge on any atom is -0.314 e. The Morgan fingerprint density at radius 2 is 2.50 bits per heavy atom. The summed E-state index contributed by atoms with van der Waals surface area (Å²) in [5, 5.41) is 3.81. The molecule has 1 fully saturated rings. The van der Waals surface area contributed by atoms with Gasteiger partial charge in [-0.3, -0.25) is 0 Å². The zero-order chi connectivity index (χ0) is 9.97. The summed E-state index contributed by atoms with van der Waals surface area (Å²) in [6, 6.07) is 2.04. The molecule has 0 aromatic carbocycles. The van der Waals surface area contributed by atoms with Gasteiger partial charge in [-0.2, -0.15) is 4.39 Å². The van der Waals surface area contributed by atoms with E-state index in [1.165, 1.54) is 12.6 Å². The van der Waals surface area contributed by atoms with Crippen LogP contribution in [0.3, 0.4) is 0 Å². The fourth-order valence-electron chi connectivity index (χ4n) is 1.80. The summed E-state index contributed by atoms with van der Waals surface area (Å²) in [6.45, 7) is 1.03. The molecule has 1 aromatic heterocycles. The highest BCUT2D eigenvalue weighted by Crippen LogP contribution is 2.17. The molecular formula is C10H12ClFN2. The van der Waals surface area contributed by atoms with Crippen LogP contribution in [0.1, 0.15) is 18.4 Å². The Kier molecular flexibility index (Phi) is 2.99. The number of hydrogen-bond acceptors (Lipinski definition) is 2. The van der Waals surface area contributed by atoms with E-state index in [0.29, 0.717) is 23.0 Å². The van der Waals surface area contributed by atoms with Crippen molar-refractivity contribution in [3.63, 3.8) is 0 Å². The first kappa shape index (κ1) is 9.87. The zero-order valence-electron chi connectivity index (χ0n) is 7.76. The first-order valence-corrected chi connectivity index (χ1v) is 5.17. The van der Waals surface area contributed by atoms with Crippen molar-refractivity contribution in [3.8, 4) is 0 Å². The van der Waals surface area contributed by atoms with Crippen molar-refractivity contribution in [2.75, 3.05) is 6.54 Å². The average molecular weight is 215 g/mol. The molecular weight excluding hydrogens is 203 g/mol. The van der Waals surface area contributed by atoms with E-state index < -0.39 is 5.95 Å². The smallest absolute Gasteiger partial charge is 0.216 e. The molecule has 0 aliphatic carbocycles. The van der Waals surface area contributed by atoms with Gasteiger partial charge >= 0.3 is 0 Å². The summed E-state index contributed by atoms with van der Waals surface area (Å²) < 4.78 is 13.2. The summed E-state index contributed by atoms with van der Waals surface area (Å²) in [6.07, 6.45) is 4.29. The lowest BCUT2D eigenvalue weighted by Crippen LogP contribution is -2.24. The van der Waals surface area contributed by atoms with Gasteiger partial charge in [-0.15, -0.1) is 0 Å². The molecule has 0 bridgehead atoms. The SMILES string of the molecule is Fc1ncc(Cl)cc1CC1CCCN1. The topological polar surface area (TPSA) is 24.9 Å². The highest BCUT2D eigenvalue weighted by atomic mass is 35.5. The van der Waals surface area contributed by atoms with Crippen molar-refractivity contribution >= 4 is 11.6 Å². The molecule has 1 N–H and O–H groups in total. The van der Waals surface area contributed by atoms with Gasteiger partial charge in [0.1, 0.15) is 0 Å². The van der Waals surface area contributed by atoms with Crippen LogP contribution in [0, 0.1) is 5.95 Å². The lowest BCUT2D eigenvalue weighted by Gasteiger charge is -2.10. The Morgan fingerprint density at radius 3 is 3.21 bits per heavy atom. The van der Waals surface area contributed by atoms with E-state index in [2.05, 4.69) is 10.3 Å². The molecule has 1 saturated heterocycles. The zero-order valence-corrected chi connectivity index (χ0v) is 8.52. The van der Waals surface area contributed by atoms with Gasteiger partial charge in [0.15, 0.2) is 0 Å². The van der Waals surface area contributed by atoms with Gasteiger partial charge in [-0.25, -0.2) is 4.98 Å². The van der Waals surface area contributed by atoms with E-state index in [1.54, 1.807) is 6.07 Å². The van der Waals surface area contributed by atoms with Gasteiger partial charge in [-0.1, -0.05) is 11.6 Å². The summed E-state index contributed by atoms with van der Waals surface area (Å²) in [4.78, 5) is 3.59. The van der Waals surface area contributed by atoms with Crippen molar-refractivity contribution in [1.29, 1.82) is 0 Å². The van der Waals surface area contributed by atoms with Crippen molar-refractivity contribution in [3.05, 3.63) is 28.8 Å². The largest absolute Gasteiger partial charge is 0.314 e.